The van der Waals surface area contributed by atoms with E-state index in [9.17, 15) is 9.59 Å². The molecule has 100 valence electrons. The Morgan fingerprint density at radius 2 is 2.05 bits per heavy atom. The zero-order valence-electron chi connectivity index (χ0n) is 10.7. The van der Waals surface area contributed by atoms with Crippen LogP contribution in [0.4, 0.5) is 0 Å². The molecule has 3 rings (SSSR count). The summed E-state index contributed by atoms with van der Waals surface area (Å²) in [6.45, 7) is 3.05. The van der Waals surface area contributed by atoms with Crippen LogP contribution in [0.3, 0.4) is 0 Å². The molecule has 6 nitrogen and oxygen atoms in total. The summed E-state index contributed by atoms with van der Waals surface area (Å²) < 4.78 is 6.46. The molecule has 1 saturated heterocycles. The number of aromatic nitrogens is 1. The molecular formula is C13H15N3O3. The van der Waals surface area contributed by atoms with Crippen LogP contribution in [0.1, 0.15) is 10.4 Å². The highest BCUT2D eigenvalue weighted by atomic mass is 16.4. The number of fused-ring (bicyclic) bond motifs is 1. The van der Waals surface area contributed by atoms with Crippen LogP contribution in [-0.4, -0.2) is 41.6 Å². The number of amides is 1. The van der Waals surface area contributed by atoms with E-state index in [2.05, 4.69) is 5.32 Å². The van der Waals surface area contributed by atoms with Gasteiger partial charge in [-0.3, -0.25) is 9.36 Å². The molecule has 1 aliphatic heterocycles. The lowest BCUT2D eigenvalue weighted by molar-refractivity contribution is 0.0736. The van der Waals surface area contributed by atoms with Gasteiger partial charge in [0.05, 0.1) is 5.52 Å². The maximum Gasteiger partial charge on any atom is 0.419 e. The van der Waals surface area contributed by atoms with E-state index in [-0.39, 0.29) is 5.91 Å². The number of nitrogens with one attached hydrogen (secondary N) is 1. The summed E-state index contributed by atoms with van der Waals surface area (Å²) in [5.41, 5.74) is 1.74. The first-order valence-corrected chi connectivity index (χ1v) is 6.26. The first kappa shape index (κ1) is 12.0. The predicted molar refractivity (Wildman–Crippen MR) is 70.2 cm³/mol. The van der Waals surface area contributed by atoms with Crippen molar-refractivity contribution in [3.8, 4) is 0 Å². The lowest BCUT2D eigenvalue weighted by Crippen LogP contribution is -2.46. The number of carbonyl (C=O) groups is 1. The van der Waals surface area contributed by atoms with Crippen LogP contribution in [0, 0.1) is 0 Å². The lowest BCUT2D eigenvalue weighted by Gasteiger charge is -2.27. The van der Waals surface area contributed by atoms with Gasteiger partial charge in [-0.2, -0.15) is 0 Å². The zero-order valence-corrected chi connectivity index (χ0v) is 10.7. The lowest BCUT2D eigenvalue weighted by atomic mass is 10.1. The van der Waals surface area contributed by atoms with Crippen LogP contribution in [0.25, 0.3) is 11.1 Å². The smallest absolute Gasteiger partial charge is 0.408 e. The Bertz CT molecular complexity index is 680. The summed E-state index contributed by atoms with van der Waals surface area (Å²) >= 11 is 0. The summed E-state index contributed by atoms with van der Waals surface area (Å²) in [7, 11) is 1.63. The van der Waals surface area contributed by atoms with Gasteiger partial charge < -0.3 is 14.6 Å². The van der Waals surface area contributed by atoms with Crippen LogP contribution in [-0.2, 0) is 7.05 Å². The first-order valence-electron chi connectivity index (χ1n) is 6.26. The van der Waals surface area contributed by atoms with Gasteiger partial charge in [0.25, 0.3) is 5.91 Å². The third kappa shape index (κ3) is 2.04. The Hall–Kier alpha value is -2.08. The Morgan fingerprint density at radius 1 is 1.32 bits per heavy atom. The molecule has 1 aromatic heterocycles. The highest BCUT2D eigenvalue weighted by Crippen LogP contribution is 2.16. The predicted octanol–water partition coefficient (Wildman–Crippen LogP) is 0.177. The van der Waals surface area contributed by atoms with Gasteiger partial charge in [0.1, 0.15) is 0 Å². The van der Waals surface area contributed by atoms with E-state index in [0.29, 0.717) is 29.8 Å². The number of piperazine rings is 1. The Morgan fingerprint density at radius 3 is 2.79 bits per heavy atom. The molecular weight excluding hydrogens is 246 g/mol. The molecule has 1 aromatic carbocycles. The number of hydrogen-bond acceptors (Lipinski definition) is 4. The monoisotopic (exact) mass is 261 g/mol. The number of aryl methyl sites for hydroxylation is 1. The van der Waals surface area contributed by atoms with Crippen LogP contribution < -0.4 is 11.1 Å². The third-order valence-electron chi connectivity index (χ3n) is 3.44. The van der Waals surface area contributed by atoms with Crippen molar-refractivity contribution in [1.29, 1.82) is 0 Å². The van der Waals surface area contributed by atoms with E-state index in [1.165, 1.54) is 4.57 Å². The number of carbonyl (C=O) groups excluding carboxylic acids is 1. The number of oxazole rings is 1. The van der Waals surface area contributed by atoms with E-state index in [4.69, 9.17) is 4.42 Å². The Kier molecular flexibility index (Phi) is 2.87. The number of rotatable bonds is 1. The van der Waals surface area contributed by atoms with Crippen molar-refractivity contribution in [3.05, 3.63) is 34.3 Å². The Labute approximate surface area is 109 Å². The molecule has 1 fully saturated rings. The average molecular weight is 261 g/mol. The quantitative estimate of drug-likeness (QED) is 0.795. The molecule has 0 radical (unpaired) electrons. The standard InChI is InChI=1S/C13H15N3O3/c1-15-10-8-9(2-3-11(10)19-13(15)18)12(17)16-6-4-14-5-7-16/h2-3,8,14H,4-7H2,1H3. The van der Waals surface area contributed by atoms with Crippen molar-refractivity contribution in [2.75, 3.05) is 26.2 Å². The molecule has 0 spiro atoms. The normalized spacial score (nSPS) is 15.9. The highest BCUT2D eigenvalue weighted by Gasteiger charge is 2.19. The molecule has 0 aliphatic carbocycles. The van der Waals surface area contributed by atoms with Crippen LogP contribution in [0.15, 0.2) is 27.4 Å². The second-order valence-corrected chi connectivity index (χ2v) is 4.65. The van der Waals surface area contributed by atoms with Crippen LogP contribution >= 0.6 is 0 Å². The van der Waals surface area contributed by atoms with Crippen molar-refractivity contribution in [1.82, 2.24) is 14.8 Å². The summed E-state index contributed by atoms with van der Waals surface area (Å²) in [6, 6.07) is 5.09. The fourth-order valence-electron chi connectivity index (χ4n) is 2.31. The molecule has 19 heavy (non-hydrogen) atoms. The summed E-state index contributed by atoms with van der Waals surface area (Å²) in [6.07, 6.45) is 0. The van der Waals surface area contributed by atoms with Crippen molar-refractivity contribution in [2.45, 2.75) is 0 Å². The SMILES string of the molecule is Cn1c(=O)oc2ccc(C(=O)N3CCNCC3)cc21. The molecule has 2 aromatic rings. The molecule has 1 aliphatic rings. The summed E-state index contributed by atoms with van der Waals surface area (Å²) in [5, 5.41) is 3.21. The van der Waals surface area contributed by atoms with E-state index < -0.39 is 5.76 Å². The van der Waals surface area contributed by atoms with E-state index >= 15 is 0 Å². The van der Waals surface area contributed by atoms with Crippen molar-refractivity contribution in [2.24, 2.45) is 7.05 Å². The van der Waals surface area contributed by atoms with Gasteiger partial charge in [0.2, 0.25) is 0 Å². The van der Waals surface area contributed by atoms with Gasteiger partial charge in [0.15, 0.2) is 5.58 Å². The maximum absolute atomic E-state index is 12.3. The molecule has 0 unspecified atom stereocenters. The van der Waals surface area contributed by atoms with Gasteiger partial charge in [-0.05, 0) is 18.2 Å². The van der Waals surface area contributed by atoms with Gasteiger partial charge in [-0.25, -0.2) is 4.79 Å². The molecule has 2 heterocycles. The minimum Gasteiger partial charge on any atom is -0.408 e. The number of hydrogen-bond donors (Lipinski definition) is 1. The highest BCUT2D eigenvalue weighted by molar-refractivity contribution is 5.97. The fourth-order valence-corrected chi connectivity index (χ4v) is 2.31. The summed E-state index contributed by atoms with van der Waals surface area (Å²) in [5.74, 6) is -0.418. The van der Waals surface area contributed by atoms with Crippen molar-refractivity contribution >= 4 is 17.0 Å². The molecule has 1 N–H and O–H groups in total. The molecule has 6 heteroatoms. The van der Waals surface area contributed by atoms with E-state index in [0.717, 1.165) is 13.1 Å². The fraction of sp³-hybridized carbons (Fsp3) is 0.385. The minimum absolute atomic E-state index is 0.00273. The molecule has 0 atom stereocenters. The summed E-state index contributed by atoms with van der Waals surface area (Å²) in [4.78, 5) is 25.6. The third-order valence-corrected chi connectivity index (χ3v) is 3.44. The van der Waals surface area contributed by atoms with Crippen molar-refractivity contribution in [3.63, 3.8) is 0 Å². The molecule has 0 saturated carbocycles. The van der Waals surface area contributed by atoms with Gasteiger partial charge in [0, 0.05) is 38.8 Å². The second kappa shape index (κ2) is 4.55. The van der Waals surface area contributed by atoms with E-state index in [1.807, 2.05) is 4.90 Å². The average Bonchev–Trinajstić information content (AvgIpc) is 2.74. The minimum atomic E-state index is -0.415. The second-order valence-electron chi connectivity index (χ2n) is 4.65. The largest absolute Gasteiger partial charge is 0.419 e. The van der Waals surface area contributed by atoms with Gasteiger partial charge in [-0.1, -0.05) is 0 Å². The van der Waals surface area contributed by atoms with Crippen LogP contribution in [0.5, 0.6) is 0 Å². The molecule has 0 bridgehead atoms. The first-order chi connectivity index (χ1) is 9.16. The van der Waals surface area contributed by atoms with Gasteiger partial charge >= 0.3 is 5.76 Å². The van der Waals surface area contributed by atoms with Gasteiger partial charge in [-0.15, -0.1) is 0 Å². The topological polar surface area (TPSA) is 67.5 Å². The molecule has 1 amide bonds. The van der Waals surface area contributed by atoms with Crippen LogP contribution in [0.2, 0.25) is 0 Å². The Balaban J connectivity index is 1.98. The number of nitrogens with zero attached hydrogens (tertiary/aromatic N) is 2. The van der Waals surface area contributed by atoms with Crippen molar-refractivity contribution < 1.29 is 9.21 Å². The zero-order chi connectivity index (χ0) is 13.4. The number of benzene rings is 1. The van der Waals surface area contributed by atoms with E-state index in [1.54, 1.807) is 25.2 Å². The maximum atomic E-state index is 12.3.